The molecule has 0 bridgehead atoms. The van der Waals surface area contributed by atoms with Crippen molar-refractivity contribution in [2.24, 2.45) is 4.99 Å². The van der Waals surface area contributed by atoms with Crippen molar-refractivity contribution in [3.05, 3.63) is 24.3 Å². The summed E-state index contributed by atoms with van der Waals surface area (Å²) in [5.41, 5.74) is 1.18. The normalized spacial score (nSPS) is 20.9. The Kier molecular flexibility index (Phi) is 7.63. The molecule has 0 aromatic heterocycles. The van der Waals surface area contributed by atoms with Gasteiger partial charge in [0, 0.05) is 32.2 Å². The van der Waals surface area contributed by atoms with E-state index in [0.717, 1.165) is 50.7 Å². The molecule has 0 aliphatic carbocycles. The van der Waals surface area contributed by atoms with Crippen LogP contribution in [0.1, 0.15) is 32.6 Å². The number of benzene rings is 1. The fourth-order valence-corrected chi connectivity index (χ4v) is 3.99. The highest BCUT2D eigenvalue weighted by Crippen LogP contribution is 2.30. The minimum atomic E-state index is 0.409. The second kappa shape index (κ2) is 10.4. The lowest BCUT2D eigenvalue weighted by molar-refractivity contribution is 0.336. The van der Waals surface area contributed by atoms with Gasteiger partial charge in [0.05, 0.1) is 12.8 Å². The zero-order valence-corrected chi connectivity index (χ0v) is 16.9. The van der Waals surface area contributed by atoms with Crippen molar-refractivity contribution in [3.8, 4) is 5.75 Å². The van der Waals surface area contributed by atoms with Gasteiger partial charge in [0.15, 0.2) is 5.96 Å². The molecule has 1 atom stereocenters. The van der Waals surface area contributed by atoms with Crippen LogP contribution in [0.25, 0.3) is 0 Å². The van der Waals surface area contributed by atoms with Crippen LogP contribution < -0.4 is 20.3 Å². The van der Waals surface area contributed by atoms with Gasteiger partial charge < -0.3 is 25.2 Å². The molecule has 2 N–H and O–H groups in total. The van der Waals surface area contributed by atoms with Crippen molar-refractivity contribution in [2.45, 2.75) is 38.6 Å². The van der Waals surface area contributed by atoms with E-state index in [1.54, 1.807) is 7.11 Å². The third kappa shape index (κ3) is 5.76. The van der Waals surface area contributed by atoms with Crippen LogP contribution in [0, 0.1) is 0 Å². The predicted octanol–water partition coefficient (Wildman–Crippen LogP) is 2.31. The van der Waals surface area contributed by atoms with E-state index in [-0.39, 0.29) is 0 Å². The number of hydrogen-bond acceptors (Lipinski definition) is 4. The molecule has 6 heteroatoms. The van der Waals surface area contributed by atoms with Crippen LogP contribution in [-0.2, 0) is 0 Å². The summed E-state index contributed by atoms with van der Waals surface area (Å²) in [6.07, 6.45) is 4.96. The molecule has 27 heavy (non-hydrogen) atoms. The number of anilines is 1. The standard InChI is InChI=1S/C21H35N5O/c1-3-22-21(23-12-8-15-25-13-6-7-14-25)24-18-11-16-26(17-18)19-9-4-5-10-20(19)27-2/h4-5,9-10,18H,3,6-8,11-17H2,1-2H3,(H2,22,23,24). The highest BCUT2D eigenvalue weighted by Gasteiger charge is 2.25. The van der Waals surface area contributed by atoms with Crippen molar-refractivity contribution < 1.29 is 4.74 Å². The lowest BCUT2D eigenvalue weighted by atomic mass is 10.2. The maximum absolute atomic E-state index is 5.52. The topological polar surface area (TPSA) is 52.1 Å². The smallest absolute Gasteiger partial charge is 0.191 e. The lowest BCUT2D eigenvalue weighted by Crippen LogP contribution is -2.44. The van der Waals surface area contributed by atoms with Gasteiger partial charge in [0.1, 0.15) is 5.75 Å². The van der Waals surface area contributed by atoms with Crippen LogP contribution in [0.15, 0.2) is 29.3 Å². The Morgan fingerprint density at radius 3 is 2.81 bits per heavy atom. The molecule has 2 aliphatic heterocycles. The first-order valence-electron chi connectivity index (χ1n) is 10.5. The average molecular weight is 374 g/mol. The minimum absolute atomic E-state index is 0.409. The van der Waals surface area contributed by atoms with Crippen molar-refractivity contribution in [1.82, 2.24) is 15.5 Å². The van der Waals surface area contributed by atoms with Crippen molar-refractivity contribution in [3.63, 3.8) is 0 Å². The van der Waals surface area contributed by atoms with Crippen LogP contribution in [0.4, 0.5) is 5.69 Å². The van der Waals surface area contributed by atoms with Gasteiger partial charge >= 0.3 is 0 Å². The molecule has 0 spiro atoms. The first-order chi connectivity index (χ1) is 13.3. The fraction of sp³-hybridized carbons (Fsp3) is 0.667. The summed E-state index contributed by atoms with van der Waals surface area (Å²) in [6, 6.07) is 8.67. The Morgan fingerprint density at radius 2 is 2.04 bits per heavy atom. The number of methoxy groups -OCH3 is 1. The molecular formula is C21H35N5O. The summed E-state index contributed by atoms with van der Waals surface area (Å²) in [5, 5.41) is 7.02. The molecule has 1 aromatic carbocycles. The van der Waals surface area contributed by atoms with Gasteiger partial charge in [-0.15, -0.1) is 0 Å². The summed E-state index contributed by atoms with van der Waals surface area (Å²) in [7, 11) is 1.74. The summed E-state index contributed by atoms with van der Waals surface area (Å²) < 4.78 is 5.52. The van der Waals surface area contributed by atoms with Gasteiger partial charge in [0.2, 0.25) is 0 Å². The number of hydrogen-bond donors (Lipinski definition) is 2. The molecule has 0 amide bonds. The number of para-hydroxylation sites is 2. The fourth-order valence-electron chi connectivity index (χ4n) is 3.99. The second-order valence-corrected chi connectivity index (χ2v) is 7.41. The molecule has 3 rings (SSSR count). The van der Waals surface area contributed by atoms with E-state index in [1.807, 2.05) is 12.1 Å². The predicted molar refractivity (Wildman–Crippen MR) is 113 cm³/mol. The van der Waals surface area contributed by atoms with Crippen LogP contribution in [0.3, 0.4) is 0 Å². The summed E-state index contributed by atoms with van der Waals surface area (Å²) >= 11 is 0. The van der Waals surface area contributed by atoms with Crippen LogP contribution in [0.2, 0.25) is 0 Å². The van der Waals surface area contributed by atoms with E-state index in [9.17, 15) is 0 Å². The van der Waals surface area contributed by atoms with Crippen LogP contribution in [0.5, 0.6) is 5.75 Å². The Morgan fingerprint density at radius 1 is 1.22 bits per heavy atom. The maximum Gasteiger partial charge on any atom is 0.191 e. The number of aliphatic imine (C=N–C) groups is 1. The first-order valence-corrected chi connectivity index (χ1v) is 10.5. The molecule has 2 saturated heterocycles. The Hall–Kier alpha value is -1.95. The van der Waals surface area contributed by atoms with E-state index in [1.165, 1.54) is 38.2 Å². The lowest BCUT2D eigenvalue weighted by Gasteiger charge is -2.22. The number of ether oxygens (including phenoxy) is 1. The third-order valence-electron chi connectivity index (χ3n) is 5.40. The maximum atomic E-state index is 5.52. The molecule has 2 fully saturated rings. The van der Waals surface area contributed by atoms with Crippen LogP contribution in [-0.4, -0.2) is 69.8 Å². The number of likely N-dealkylation sites (tertiary alicyclic amines) is 1. The van der Waals surface area contributed by atoms with E-state index >= 15 is 0 Å². The second-order valence-electron chi connectivity index (χ2n) is 7.41. The number of nitrogens with one attached hydrogen (secondary N) is 2. The van der Waals surface area contributed by atoms with Gasteiger partial charge in [-0.25, -0.2) is 0 Å². The summed E-state index contributed by atoms with van der Waals surface area (Å²) in [4.78, 5) is 9.74. The zero-order chi connectivity index (χ0) is 18.9. The molecular weight excluding hydrogens is 338 g/mol. The van der Waals surface area contributed by atoms with E-state index < -0.39 is 0 Å². The SMILES string of the molecule is CCNC(=NCCCN1CCCC1)NC1CCN(c2ccccc2OC)C1. The van der Waals surface area contributed by atoms with Crippen molar-refractivity contribution >= 4 is 11.6 Å². The van der Waals surface area contributed by atoms with Crippen molar-refractivity contribution in [1.29, 1.82) is 0 Å². The Balaban J connectivity index is 1.48. The largest absolute Gasteiger partial charge is 0.495 e. The zero-order valence-electron chi connectivity index (χ0n) is 16.9. The Bertz CT molecular complexity index is 600. The third-order valence-corrected chi connectivity index (χ3v) is 5.40. The summed E-state index contributed by atoms with van der Waals surface area (Å²) in [5.74, 6) is 1.89. The molecule has 0 saturated carbocycles. The number of nitrogens with zero attached hydrogens (tertiary/aromatic N) is 3. The van der Waals surface area contributed by atoms with E-state index in [0.29, 0.717) is 6.04 Å². The van der Waals surface area contributed by atoms with Crippen LogP contribution >= 0.6 is 0 Å². The van der Waals surface area contributed by atoms with Gasteiger partial charge in [0.25, 0.3) is 0 Å². The number of guanidine groups is 1. The average Bonchev–Trinajstić information content (AvgIpc) is 3.37. The van der Waals surface area contributed by atoms with Gasteiger partial charge in [-0.3, -0.25) is 4.99 Å². The molecule has 2 aliphatic rings. The highest BCUT2D eigenvalue weighted by molar-refractivity contribution is 5.80. The molecule has 150 valence electrons. The molecule has 6 nitrogen and oxygen atoms in total. The van der Waals surface area contributed by atoms with Gasteiger partial charge in [-0.05, 0) is 64.4 Å². The van der Waals surface area contributed by atoms with E-state index in [2.05, 4.69) is 39.5 Å². The molecule has 1 unspecified atom stereocenters. The molecule has 1 aromatic rings. The quantitative estimate of drug-likeness (QED) is 0.416. The summed E-state index contributed by atoms with van der Waals surface area (Å²) in [6.45, 7) is 9.61. The molecule has 2 heterocycles. The molecule has 0 radical (unpaired) electrons. The minimum Gasteiger partial charge on any atom is -0.495 e. The van der Waals surface area contributed by atoms with Gasteiger partial charge in [-0.1, -0.05) is 12.1 Å². The van der Waals surface area contributed by atoms with Gasteiger partial charge in [-0.2, -0.15) is 0 Å². The number of rotatable bonds is 8. The highest BCUT2D eigenvalue weighted by atomic mass is 16.5. The first kappa shape index (κ1) is 19.8. The van der Waals surface area contributed by atoms with Crippen molar-refractivity contribution in [2.75, 3.05) is 57.8 Å². The Labute approximate surface area is 164 Å². The monoisotopic (exact) mass is 373 g/mol. The van der Waals surface area contributed by atoms with E-state index in [4.69, 9.17) is 9.73 Å².